The summed E-state index contributed by atoms with van der Waals surface area (Å²) < 4.78 is 5.95. The van der Waals surface area contributed by atoms with Crippen LogP contribution in [-0.4, -0.2) is 18.1 Å². The Balaban J connectivity index is 1.61. The van der Waals surface area contributed by atoms with E-state index in [-0.39, 0.29) is 0 Å². The van der Waals surface area contributed by atoms with Crippen LogP contribution in [0.5, 0.6) is 0 Å². The fourth-order valence-corrected chi connectivity index (χ4v) is 8.56. The predicted molar refractivity (Wildman–Crippen MR) is 104 cm³/mol. The van der Waals surface area contributed by atoms with Gasteiger partial charge in [-0.3, -0.25) is 4.79 Å². The van der Waals surface area contributed by atoms with E-state index >= 15 is 0 Å². The Morgan fingerprint density at radius 1 is 1.04 bits per heavy atom. The lowest BCUT2D eigenvalue weighted by molar-refractivity contribution is -0.154. The van der Waals surface area contributed by atoms with Crippen molar-refractivity contribution in [1.82, 2.24) is 0 Å². The lowest BCUT2D eigenvalue weighted by atomic mass is 9.44. The second-order valence-corrected chi connectivity index (χ2v) is 10.6. The molecular weight excluding hydrogens is 328 g/mol. The van der Waals surface area contributed by atoms with Crippen molar-refractivity contribution < 1.29 is 8.98 Å². The molecule has 0 aromatic rings. The van der Waals surface area contributed by atoms with Crippen LogP contribution < -0.4 is 0 Å². The molecular formula is C22H36O2S. The first-order valence-electron chi connectivity index (χ1n) is 10.6. The van der Waals surface area contributed by atoms with Gasteiger partial charge in [-0.2, -0.15) is 0 Å². The monoisotopic (exact) mass is 364 g/mol. The number of Topliss-reactive ketones (excluding diaryl/α,β-unsaturated/α-hetero) is 1. The summed E-state index contributed by atoms with van der Waals surface area (Å²) in [5.74, 6) is 3.85. The summed E-state index contributed by atoms with van der Waals surface area (Å²) in [5, 5.41) is 0. The van der Waals surface area contributed by atoms with Crippen LogP contribution in [0.4, 0.5) is 0 Å². The highest BCUT2D eigenvalue weighted by Crippen LogP contribution is 2.67. The number of fused-ring (bicyclic) bond motifs is 5. The second kappa shape index (κ2) is 6.55. The molecule has 0 saturated heterocycles. The molecule has 0 heterocycles. The SMILES string of the molecule is CSOC(C)C1CCC2C3CC(=O)C4CCCCC4(C)C3CCC12C. The molecule has 0 aromatic carbocycles. The number of rotatable bonds is 3. The first-order chi connectivity index (χ1) is 11.9. The zero-order valence-electron chi connectivity index (χ0n) is 16.6. The van der Waals surface area contributed by atoms with Crippen LogP contribution in [0.2, 0.25) is 0 Å². The minimum atomic E-state index is 0.305. The largest absolute Gasteiger partial charge is 0.312 e. The molecule has 4 aliphatic carbocycles. The first kappa shape index (κ1) is 18.3. The van der Waals surface area contributed by atoms with Gasteiger partial charge in [-0.05, 0) is 92.0 Å². The van der Waals surface area contributed by atoms with E-state index in [1.165, 1.54) is 63.4 Å². The third-order valence-corrected chi connectivity index (χ3v) is 9.75. The number of hydrogen-bond donors (Lipinski definition) is 0. The van der Waals surface area contributed by atoms with Crippen molar-refractivity contribution in [2.75, 3.05) is 6.26 Å². The molecule has 0 aliphatic heterocycles. The Labute approximate surface area is 158 Å². The molecule has 0 bridgehead atoms. The molecule has 4 saturated carbocycles. The van der Waals surface area contributed by atoms with Crippen LogP contribution >= 0.6 is 12.0 Å². The fraction of sp³-hybridized carbons (Fsp3) is 0.955. The number of carbonyl (C=O) groups is 1. The molecule has 8 unspecified atom stereocenters. The number of carbonyl (C=O) groups excluding carboxylic acids is 1. The van der Waals surface area contributed by atoms with Crippen molar-refractivity contribution >= 4 is 17.8 Å². The maximum atomic E-state index is 13.1. The molecule has 4 rings (SSSR count). The maximum Gasteiger partial charge on any atom is 0.136 e. The smallest absolute Gasteiger partial charge is 0.136 e. The van der Waals surface area contributed by atoms with E-state index in [1.807, 2.05) is 6.26 Å². The molecule has 8 atom stereocenters. The Hall–Kier alpha value is -0.0200. The Bertz CT molecular complexity index is 534. The summed E-state index contributed by atoms with van der Waals surface area (Å²) in [6, 6.07) is 0. The summed E-state index contributed by atoms with van der Waals surface area (Å²) in [6.45, 7) is 7.29. The minimum Gasteiger partial charge on any atom is -0.312 e. The molecule has 0 aromatic heterocycles. The summed E-state index contributed by atoms with van der Waals surface area (Å²) in [6.07, 6.45) is 13.6. The lowest BCUT2D eigenvalue weighted by Crippen LogP contribution is -2.56. The van der Waals surface area contributed by atoms with Gasteiger partial charge in [-0.15, -0.1) is 0 Å². The highest BCUT2D eigenvalue weighted by molar-refractivity contribution is 7.93. The predicted octanol–water partition coefficient (Wildman–Crippen LogP) is 5.90. The summed E-state index contributed by atoms with van der Waals surface area (Å²) in [4.78, 5) is 13.1. The van der Waals surface area contributed by atoms with Gasteiger partial charge in [0.2, 0.25) is 0 Å². The van der Waals surface area contributed by atoms with Gasteiger partial charge in [-0.25, -0.2) is 0 Å². The fourth-order valence-electron chi connectivity index (χ4n) is 8.13. The van der Waals surface area contributed by atoms with Gasteiger partial charge in [0.15, 0.2) is 0 Å². The average molecular weight is 365 g/mol. The topological polar surface area (TPSA) is 26.3 Å². The summed E-state index contributed by atoms with van der Waals surface area (Å²) in [5.41, 5.74) is 0.688. The Kier molecular flexibility index (Phi) is 4.81. The van der Waals surface area contributed by atoms with Gasteiger partial charge in [0.25, 0.3) is 0 Å². The minimum absolute atomic E-state index is 0.305. The van der Waals surface area contributed by atoms with Crippen LogP contribution in [0.15, 0.2) is 0 Å². The van der Waals surface area contributed by atoms with Crippen LogP contribution in [0.3, 0.4) is 0 Å². The summed E-state index contributed by atoms with van der Waals surface area (Å²) in [7, 11) is 0. The third-order valence-electron chi connectivity index (χ3n) is 9.25. The van der Waals surface area contributed by atoms with E-state index in [0.29, 0.717) is 40.5 Å². The van der Waals surface area contributed by atoms with Gasteiger partial charge < -0.3 is 4.18 Å². The lowest BCUT2D eigenvalue weighted by Gasteiger charge is -2.60. The van der Waals surface area contributed by atoms with E-state index < -0.39 is 0 Å². The van der Waals surface area contributed by atoms with Crippen LogP contribution in [0.1, 0.15) is 78.6 Å². The van der Waals surface area contributed by atoms with Crippen molar-refractivity contribution in [3.63, 3.8) is 0 Å². The Morgan fingerprint density at radius 3 is 2.56 bits per heavy atom. The van der Waals surface area contributed by atoms with Crippen molar-refractivity contribution in [3.8, 4) is 0 Å². The number of ketones is 1. The molecule has 142 valence electrons. The molecule has 25 heavy (non-hydrogen) atoms. The van der Waals surface area contributed by atoms with Crippen LogP contribution in [0.25, 0.3) is 0 Å². The van der Waals surface area contributed by atoms with Crippen molar-refractivity contribution in [3.05, 3.63) is 0 Å². The molecule has 0 N–H and O–H groups in total. The van der Waals surface area contributed by atoms with Crippen LogP contribution in [0, 0.1) is 40.4 Å². The van der Waals surface area contributed by atoms with Crippen molar-refractivity contribution in [2.45, 2.75) is 84.7 Å². The quantitative estimate of drug-likeness (QED) is 0.583. The zero-order chi connectivity index (χ0) is 17.8. The molecule has 0 radical (unpaired) electrons. The van der Waals surface area contributed by atoms with E-state index in [2.05, 4.69) is 20.8 Å². The molecule has 2 nitrogen and oxygen atoms in total. The molecule has 3 heteroatoms. The Morgan fingerprint density at radius 2 is 1.80 bits per heavy atom. The van der Waals surface area contributed by atoms with E-state index in [0.717, 1.165) is 18.3 Å². The van der Waals surface area contributed by atoms with E-state index in [9.17, 15) is 4.79 Å². The third kappa shape index (κ3) is 2.66. The molecule has 4 fully saturated rings. The van der Waals surface area contributed by atoms with Gasteiger partial charge in [-0.1, -0.05) is 26.7 Å². The van der Waals surface area contributed by atoms with Crippen molar-refractivity contribution in [2.24, 2.45) is 40.4 Å². The highest BCUT2D eigenvalue weighted by Gasteiger charge is 2.62. The van der Waals surface area contributed by atoms with E-state index in [1.54, 1.807) is 0 Å². The first-order valence-corrected chi connectivity index (χ1v) is 11.8. The molecule has 0 spiro atoms. The molecule has 4 aliphatic rings. The summed E-state index contributed by atoms with van der Waals surface area (Å²) >= 11 is 1.52. The van der Waals surface area contributed by atoms with Gasteiger partial charge in [0, 0.05) is 18.6 Å². The van der Waals surface area contributed by atoms with Crippen LogP contribution in [-0.2, 0) is 8.98 Å². The zero-order valence-corrected chi connectivity index (χ0v) is 17.4. The highest BCUT2D eigenvalue weighted by atomic mass is 32.2. The average Bonchev–Trinajstić information content (AvgIpc) is 2.92. The normalized spacial score (nSPS) is 50.7. The molecule has 0 amide bonds. The maximum absolute atomic E-state index is 13.1. The van der Waals surface area contributed by atoms with Crippen molar-refractivity contribution in [1.29, 1.82) is 0 Å². The van der Waals surface area contributed by atoms with Gasteiger partial charge in [0.1, 0.15) is 5.78 Å². The number of hydrogen-bond acceptors (Lipinski definition) is 3. The van der Waals surface area contributed by atoms with Gasteiger partial charge >= 0.3 is 0 Å². The van der Waals surface area contributed by atoms with E-state index in [4.69, 9.17) is 4.18 Å². The second-order valence-electron chi connectivity index (χ2n) is 10.0. The standard InChI is InChI=1S/C22H36O2S/c1-14(24-25-4)16-8-9-17-15-13-20(23)19-7-5-6-11-21(19,2)18(15)10-12-22(16,17)3/h14-19H,5-13H2,1-4H3. The van der Waals surface area contributed by atoms with Gasteiger partial charge in [0.05, 0.1) is 6.10 Å².